The Balaban J connectivity index is 2.09. The summed E-state index contributed by atoms with van der Waals surface area (Å²) in [5, 5.41) is 0. The summed E-state index contributed by atoms with van der Waals surface area (Å²) in [4.78, 5) is 15.1. The summed E-state index contributed by atoms with van der Waals surface area (Å²) in [6.45, 7) is 2.84. The number of rotatable bonds is 6. The van der Waals surface area contributed by atoms with Gasteiger partial charge in [0.05, 0.1) is 12.2 Å². The van der Waals surface area contributed by atoms with Crippen molar-refractivity contribution in [2.24, 2.45) is 0 Å². The van der Waals surface area contributed by atoms with E-state index >= 15 is 0 Å². The molecule has 1 aromatic heterocycles. The molecule has 0 spiro atoms. The first kappa shape index (κ1) is 13.1. The van der Waals surface area contributed by atoms with Gasteiger partial charge in [-0.1, -0.05) is 6.07 Å². The minimum atomic E-state index is 0.378. The monoisotopic (exact) mass is 257 g/mol. The summed E-state index contributed by atoms with van der Waals surface area (Å²) in [6.07, 6.45) is 4.20. The molecule has 2 rings (SSSR count). The van der Waals surface area contributed by atoms with Crippen LogP contribution in [0.25, 0.3) is 0 Å². The Morgan fingerprint density at radius 2 is 2.16 bits per heavy atom. The quantitative estimate of drug-likeness (QED) is 0.746. The topological polar surface area (TPSA) is 48.4 Å². The summed E-state index contributed by atoms with van der Waals surface area (Å²) in [6, 6.07) is 8.97. The van der Waals surface area contributed by atoms with Gasteiger partial charge >= 0.3 is 0 Å². The largest absolute Gasteiger partial charge is 0.494 e. The van der Waals surface area contributed by atoms with E-state index in [-0.39, 0.29) is 0 Å². The molecule has 2 aromatic rings. The zero-order valence-corrected chi connectivity index (χ0v) is 10.7. The van der Waals surface area contributed by atoms with E-state index in [0.29, 0.717) is 30.3 Å². The number of pyridine rings is 1. The van der Waals surface area contributed by atoms with E-state index in [1.807, 2.05) is 19.1 Å². The molecule has 0 unspecified atom stereocenters. The lowest BCUT2D eigenvalue weighted by atomic mass is 10.2. The predicted octanol–water partition coefficient (Wildman–Crippen LogP) is 2.87. The molecule has 0 aliphatic rings. The Morgan fingerprint density at radius 1 is 1.26 bits per heavy atom. The van der Waals surface area contributed by atoms with E-state index < -0.39 is 0 Å². The molecule has 0 atom stereocenters. The molecule has 1 heterocycles. The molecule has 19 heavy (non-hydrogen) atoms. The summed E-state index contributed by atoms with van der Waals surface area (Å²) in [5.74, 6) is 1.21. The number of ether oxygens (including phenoxy) is 2. The SMILES string of the molecule is CCOc1ccc(OCc2cccnc2)c(C=O)c1. The van der Waals surface area contributed by atoms with Crippen molar-refractivity contribution in [2.75, 3.05) is 6.61 Å². The normalized spacial score (nSPS) is 9.95. The Hall–Kier alpha value is -2.36. The van der Waals surface area contributed by atoms with Gasteiger partial charge < -0.3 is 9.47 Å². The van der Waals surface area contributed by atoms with Crippen molar-refractivity contribution in [1.82, 2.24) is 4.98 Å². The lowest BCUT2D eigenvalue weighted by Gasteiger charge is -2.10. The van der Waals surface area contributed by atoms with Gasteiger partial charge in [0.2, 0.25) is 0 Å². The second-order valence-corrected chi connectivity index (χ2v) is 3.90. The maximum Gasteiger partial charge on any atom is 0.153 e. The van der Waals surface area contributed by atoms with Crippen LogP contribution in [0, 0.1) is 0 Å². The van der Waals surface area contributed by atoms with E-state index in [4.69, 9.17) is 9.47 Å². The predicted molar refractivity (Wildman–Crippen MR) is 71.6 cm³/mol. The van der Waals surface area contributed by atoms with Crippen molar-refractivity contribution in [3.8, 4) is 11.5 Å². The van der Waals surface area contributed by atoms with Crippen LogP contribution >= 0.6 is 0 Å². The molecule has 98 valence electrons. The maximum atomic E-state index is 11.0. The average molecular weight is 257 g/mol. The molecule has 0 saturated carbocycles. The molecular formula is C15H15NO3. The second kappa shape index (κ2) is 6.54. The van der Waals surface area contributed by atoms with Gasteiger partial charge in [-0.3, -0.25) is 9.78 Å². The number of aldehydes is 1. The van der Waals surface area contributed by atoms with Crippen LogP contribution in [0.3, 0.4) is 0 Å². The number of hydrogen-bond acceptors (Lipinski definition) is 4. The average Bonchev–Trinajstić information content (AvgIpc) is 2.47. The molecular weight excluding hydrogens is 242 g/mol. The van der Waals surface area contributed by atoms with Gasteiger partial charge in [0.15, 0.2) is 6.29 Å². The van der Waals surface area contributed by atoms with Crippen molar-refractivity contribution in [1.29, 1.82) is 0 Å². The zero-order chi connectivity index (χ0) is 13.5. The smallest absolute Gasteiger partial charge is 0.153 e. The van der Waals surface area contributed by atoms with Crippen molar-refractivity contribution >= 4 is 6.29 Å². The molecule has 0 fully saturated rings. The number of carbonyl (C=O) groups is 1. The minimum Gasteiger partial charge on any atom is -0.494 e. The van der Waals surface area contributed by atoms with Crippen LogP contribution in [-0.2, 0) is 6.61 Å². The van der Waals surface area contributed by atoms with Crippen LogP contribution in [0.2, 0.25) is 0 Å². The highest BCUT2D eigenvalue weighted by atomic mass is 16.5. The Morgan fingerprint density at radius 3 is 2.84 bits per heavy atom. The van der Waals surface area contributed by atoms with Crippen molar-refractivity contribution in [2.45, 2.75) is 13.5 Å². The van der Waals surface area contributed by atoms with Crippen LogP contribution in [-0.4, -0.2) is 17.9 Å². The highest BCUT2D eigenvalue weighted by Crippen LogP contribution is 2.23. The first-order chi connectivity index (χ1) is 9.33. The molecule has 0 amide bonds. The number of carbonyl (C=O) groups excluding carboxylic acids is 1. The molecule has 0 N–H and O–H groups in total. The minimum absolute atomic E-state index is 0.378. The molecule has 0 aliphatic heterocycles. The van der Waals surface area contributed by atoms with Gasteiger partial charge in [-0.25, -0.2) is 0 Å². The summed E-state index contributed by atoms with van der Waals surface area (Å²) >= 11 is 0. The fourth-order valence-corrected chi connectivity index (χ4v) is 1.65. The first-order valence-electron chi connectivity index (χ1n) is 6.07. The van der Waals surface area contributed by atoms with E-state index in [9.17, 15) is 4.79 Å². The van der Waals surface area contributed by atoms with E-state index in [2.05, 4.69) is 4.98 Å². The lowest BCUT2D eigenvalue weighted by Crippen LogP contribution is -1.99. The number of aromatic nitrogens is 1. The highest BCUT2D eigenvalue weighted by Gasteiger charge is 2.05. The standard InChI is InChI=1S/C15H15NO3/c1-2-18-14-5-6-15(13(8-14)10-17)19-11-12-4-3-7-16-9-12/h3-10H,2,11H2,1H3. The van der Waals surface area contributed by atoms with E-state index in [1.54, 1.807) is 30.6 Å². The second-order valence-electron chi connectivity index (χ2n) is 3.90. The molecule has 4 heteroatoms. The zero-order valence-electron chi connectivity index (χ0n) is 10.7. The molecule has 0 radical (unpaired) electrons. The van der Waals surface area contributed by atoms with Gasteiger partial charge in [-0.15, -0.1) is 0 Å². The third-order valence-corrected chi connectivity index (χ3v) is 2.54. The van der Waals surface area contributed by atoms with Crippen molar-refractivity contribution < 1.29 is 14.3 Å². The van der Waals surface area contributed by atoms with Gasteiger partial charge in [-0.2, -0.15) is 0 Å². The summed E-state index contributed by atoms with van der Waals surface area (Å²) < 4.78 is 11.0. The maximum absolute atomic E-state index is 11.0. The number of hydrogen-bond donors (Lipinski definition) is 0. The third-order valence-electron chi connectivity index (χ3n) is 2.54. The van der Waals surface area contributed by atoms with Crippen molar-refractivity contribution in [3.63, 3.8) is 0 Å². The summed E-state index contributed by atoms with van der Waals surface area (Å²) in [7, 11) is 0. The molecule has 4 nitrogen and oxygen atoms in total. The van der Waals surface area contributed by atoms with Crippen LogP contribution in [0.4, 0.5) is 0 Å². The fraction of sp³-hybridized carbons (Fsp3) is 0.200. The molecule has 1 aromatic carbocycles. The lowest BCUT2D eigenvalue weighted by molar-refractivity contribution is 0.111. The van der Waals surface area contributed by atoms with Gasteiger partial charge in [0.25, 0.3) is 0 Å². The van der Waals surface area contributed by atoms with Gasteiger partial charge in [0.1, 0.15) is 18.1 Å². The Bertz CT molecular complexity index is 540. The van der Waals surface area contributed by atoms with Crippen LogP contribution in [0.1, 0.15) is 22.8 Å². The number of nitrogens with zero attached hydrogens (tertiary/aromatic N) is 1. The highest BCUT2D eigenvalue weighted by molar-refractivity contribution is 5.80. The Labute approximate surface area is 112 Å². The Kier molecular flexibility index (Phi) is 4.50. The first-order valence-corrected chi connectivity index (χ1v) is 6.07. The van der Waals surface area contributed by atoms with E-state index in [1.165, 1.54) is 0 Å². The molecule has 0 aliphatic carbocycles. The van der Waals surface area contributed by atoms with Crippen LogP contribution in [0.5, 0.6) is 11.5 Å². The number of benzene rings is 1. The van der Waals surface area contributed by atoms with Gasteiger partial charge in [-0.05, 0) is 31.2 Å². The molecule has 0 saturated heterocycles. The van der Waals surface area contributed by atoms with E-state index in [0.717, 1.165) is 11.8 Å². The van der Waals surface area contributed by atoms with Crippen LogP contribution in [0.15, 0.2) is 42.7 Å². The van der Waals surface area contributed by atoms with Gasteiger partial charge in [0, 0.05) is 18.0 Å². The fourth-order valence-electron chi connectivity index (χ4n) is 1.65. The third kappa shape index (κ3) is 3.55. The van der Waals surface area contributed by atoms with Crippen molar-refractivity contribution in [3.05, 3.63) is 53.9 Å². The summed E-state index contributed by atoms with van der Waals surface area (Å²) in [5.41, 5.74) is 1.43. The van der Waals surface area contributed by atoms with Crippen LogP contribution < -0.4 is 9.47 Å². The molecule has 0 bridgehead atoms.